The lowest BCUT2D eigenvalue weighted by molar-refractivity contribution is 0.0734. The summed E-state index contributed by atoms with van der Waals surface area (Å²) < 4.78 is 54.2. The summed E-state index contributed by atoms with van der Waals surface area (Å²) in [4.78, 5) is 19.5. The third-order valence-corrected chi connectivity index (χ3v) is 8.24. The molecule has 0 radical (unpaired) electrons. The topological polar surface area (TPSA) is 55.2 Å². The number of carbonyl (C=O) groups excluding carboxylic acids is 1. The monoisotopic (exact) mass is 462 g/mol. The molecule has 0 N–H and O–H groups in total. The predicted octanol–water partition coefficient (Wildman–Crippen LogP) is 5.21. The van der Waals surface area contributed by atoms with Crippen LogP contribution in [0.2, 0.25) is 0 Å². The minimum atomic E-state index is -2.82. The quantitative estimate of drug-likeness (QED) is 0.384. The summed E-state index contributed by atoms with van der Waals surface area (Å²) in [6, 6.07) is 16.2. The molecule has 2 aliphatic rings. The van der Waals surface area contributed by atoms with Crippen LogP contribution < -0.4 is 5.30 Å². The van der Waals surface area contributed by atoms with Gasteiger partial charge in [-0.25, -0.2) is 9.37 Å². The highest BCUT2D eigenvalue weighted by molar-refractivity contribution is 7.70. The molecule has 2 atom stereocenters. The van der Waals surface area contributed by atoms with Crippen LogP contribution in [0.3, 0.4) is 0 Å². The Morgan fingerprint density at radius 1 is 1.06 bits per heavy atom. The first-order valence-electron chi connectivity index (χ1n) is 12.3. The molecule has 2 unspecified atom stereocenters. The van der Waals surface area contributed by atoms with Crippen LogP contribution in [-0.2, 0) is 4.57 Å². The van der Waals surface area contributed by atoms with Gasteiger partial charge < -0.3 is 14.0 Å². The molecule has 1 amide bonds. The molecule has 3 heterocycles. The first kappa shape index (κ1) is 17.3. The van der Waals surface area contributed by atoms with Gasteiger partial charge >= 0.3 is 0 Å². The average Bonchev–Trinajstić information content (AvgIpc) is 3.30. The van der Waals surface area contributed by atoms with Gasteiger partial charge in [0.15, 0.2) is 0 Å². The molecule has 2 bridgehead atoms. The zero-order valence-corrected chi connectivity index (χ0v) is 19.0. The van der Waals surface area contributed by atoms with Gasteiger partial charge in [0, 0.05) is 28.4 Å². The Labute approximate surface area is 195 Å². The summed E-state index contributed by atoms with van der Waals surface area (Å²) in [5.41, 5.74) is 3.66. The Hall–Kier alpha value is -3.24. The highest BCUT2D eigenvalue weighted by Gasteiger charge is 2.44. The van der Waals surface area contributed by atoms with Crippen LogP contribution in [-0.4, -0.2) is 40.7 Å². The maximum Gasteiger partial charge on any atom is 0.254 e. The number of hydrogen-bond donors (Lipinski definition) is 0. The minimum Gasteiger partial charge on any atom is -0.331 e. The largest absolute Gasteiger partial charge is 0.331 e. The van der Waals surface area contributed by atoms with Gasteiger partial charge in [-0.2, -0.15) is 0 Å². The lowest BCUT2D eigenvalue weighted by atomic mass is 9.89. The SMILES string of the molecule is [2H]C([2H])([2H])N1C(=O)c2cccc(-c3ccc(P(C)(C)=O)c(F)c3)c2C2CC1c1nc3ccccc3n12. The van der Waals surface area contributed by atoms with Crippen molar-refractivity contribution in [2.45, 2.75) is 18.5 Å². The number of fused-ring (bicyclic) bond motifs is 9. The number of para-hydroxylation sites is 2. The van der Waals surface area contributed by atoms with Crippen LogP contribution in [0.1, 0.15) is 44.4 Å². The summed E-state index contributed by atoms with van der Waals surface area (Å²) in [6.07, 6.45) is 0.348. The molecule has 3 aromatic carbocycles. The van der Waals surface area contributed by atoms with E-state index in [9.17, 15) is 9.36 Å². The van der Waals surface area contributed by atoms with Gasteiger partial charge in [0.1, 0.15) is 18.8 Å². The van der Waals surface area contributed by atoms with E-state index in [1.54, 1.807) is 18.2 Å². The van der Waals surface area contributed by atoms with Gasteiger partial charge in [0.25, 0.3) is 5.91 Å². The van der Waals surface area contributed by atoms with Gasteiger partial charge in [-0.15, -0.1) is 0 Å². The predicted molar refractivity (Wildman–Crippen MR) is 128 cm³/mol. The maximum absolute atomic E-state index is 15.1. The highest BCUT2D eigenvalue weighted by Crippen LogP contribution is 2.49. The Balaban J connectivity index is 1.65. The van der Waals surface area contributed by atoms with Crippen LogP contribution in [0.4, 0.5) is 4.39 Å². The molecular weight excluding hydrogens is 436 g/mol. The van der Waals surface area contributed by atoms with E-state index in [4.69, 9.17) is 9.10 Å². The third kappa shape index (κ3) is 2.87. The second-order valence-corrected chi connectivity index (χ2v) is 12.2. The van der Waals surface area contributed by atoms with E-state index in [-0.39, 0.29) is 16.9 Å². The number of carbonyl (C=O) groups is 1. The van der Waals surface area contributed by atoms with Crippen molar-refractivity contribution in [3.63, 3.8) is 0 Å². The molecule has 6 rings (SSSR count). The Morgan fingerprint density at radius 3 is 2.61 bits per heavy atom. The van der Waals surface area contributed by atoms with Gasteiger partial charge in [0.2, 0.25) is 0 Å². The Bertz CT molecular complexity index is 1620. The van der Waals surface area contributed by atoms with Gasteiger partial charge in [-0.3, -0.25) is 4.79 Å². The molecule has 33 heavy (non-hydrogen) atoms. The summed E-state index contributed by atoms with van der Waals surface area (Å²) in [5.74, 6) is -0.632. The van der Waals surface area contributed by atoms with Crippen molar-refractivity contribution < 1.29 is 17.9 Å². The zero-order valence-electron chi connectivity index (χ0n) is 21.1. The van der Waals surface area contributed by atoms with Crippen molar-refractivity contribution in [3.8, 4) is 11.1 Å². The van der Waals surface area contributed by atoms with Crippen LogP contribution in [0.25, 0.3) is 22.2 Å². The van der Waals surface area contributed by atoms with E-state index in [1.807, 2.05) is 34.9 Å². The summed E-state index contributed by atoms with van der Waals surface area (Å²) in [7, 11) is -2.82. The Kier molecular flexibility index (Phi) is 3.60. The molecule has 166 valence electrons. The van der Waals surface area contributed by atoms with E-state index < -0.39 is 31.9 Å². The fourth-order valence-corrected chi connectivity index (χ4v) is 6.27. The molecule has 7 heteroatoms. The number of imidazole rings is 1. The van der Waals surface area contributed by atoms with E-state index >= 15 is 4.39 Å². The van der Waals surface area contributed by atoms with Crippen molar-refractivity contribution in [2.24, 2.45) is 0 Å². The lowest BCUT2D eigenvalue weighted by Gasteiger charge is -2.25. The number of benzene rings is 3. The Morgan fingerprint density at radius 2 is 1.85 bits per heavy atom. The molecule has 2 aliphatic heterocycles. The van der Waals surface area contributed by atoms with Crippen molar-refractivity contribution in [2.75, 3.05) is 20.3 Å². The first-order valence-corrected chi connectivity index (χ1v) is 13.4. The number of halogens is 1. The maximum atomic E-state index is 15.1. The second kappa shape index (κ2) is 6.88. The number of nitrogens with zero attached hydrogens (tertiary/aromatic N) is 3. The highest BCUT2D eigenvalue weighted by atomic mass is 31.2. The fourth-order valence-electron chi connectivity index (χ4n) is 5.26. The van der Waals surface area contributed by atoms with Crippen molar-refractivity contribution in [1.29, 1.82) is 0 Å². The van der Waals surface area contributed by atoms with Crippen LogP contribution in [0.5, 0.6) is 0 Å². The summed E-state index contributed by atoms with van der Waals surface area (Å²) in [6.45, 7) is 0.368. The molecule has 4 aromatic rings. The molecule has 0 spiro atoms. The molecular formula is C26H23FN3O2P. The third-order valence-electron chi connectivity index (χ3n) is 6.72. The smallest absolute Gasteiger partial charge is 0.254 e. The van der Waals surface area contributed by atoms with Crippen molar-refractivity contribution in [3.05, 3.63) is 83.4 Å². The molecule has 0 fully saturated rings. The number of amides is 1. The van der Waals surface area contributed by atoms with Crippen molar-refractivity contribution >= 4 is 29.4 Å². The molecule has 0 saturated heterocycles. The minimum absolute atomic E-state index is 0.168. The second-order valence-electron chi connectivity index (χ2n) is 9.06. The van der Waals surface area contributed by atoms with Crippen molar-refractivity contribution in [1.82, 2.24) is 14.5 Å². The molecule has 0 saturated carbocycles. The van der Waals surface area contributed by atoms with Gasteiger partial charge in [-0.1, -0.05) is 30.3 Å². The standard InChI is InChI=1S/C26H23FN3O2P/c1-29-22-14-21(30-20-10-5-4-9-19(20)28-25(22)30)24-16(7-6-8-17(24)26(29)31)15-11-12-23(18(27)13-15)33(2,3)32/h4-13,21-22H,14H2,1-3H3/i1D3. The van der Waals surface area contributed by atoms with E-state index in [0.717, 1.165) is 15.9 Å². The summed E-state index contributed by atoms with van der Waals surface area (Å²) >= 11 is 0. The zero-order chi connectivity index (χ0) is 25.6. The van der Waals surface area contributed by atoms with Gasteiger partial charge in [0.05, 0.1) is 23.1 Å². The molecule has 5 nitrogen and oxygen atoms in total. The van der Waals surface area contributed by atoms with Crippen LogP contribution in [0.15, 0.2) is 60.7 Å². The summed E-state index contributed by atoms with van der Waals surface area (Å²) in [5, 5.41) is 0.168. The molecule has 0 aliphatic carbocycles. The number of rotatable bonds is 2. The first-order chi connectivity index (χ1) is 17.0. The van der Waals surface area contributed by atoms with Crippen LogP contribution in [0, 0.1) is 5.82 Å². The normalized spacial score (nSPS) is 21.2. The van der Waals surface area contributed by atoms with Gasteiger partial charge in [-0.05, 0) is 60.4 Å². The number of aromatic nitrogens is 2. The van der Waals surface area contributed by atoms with Crippen LogP contribution >= 0.6 is 7.14 Å². The van der Waals surface area contributed by atoms with E-state index in [2.05, 4.69) is 0 Å². The fraction of sp³-hybridized carbons (Fsp3) is 0.231. The van der Waals surface area contributed by atoms with E-state index in [1.165, 1.54) is 25.5 Å². The lowest BCUT2D eigenvalue weighted by Crippen LogP contribution is -2.30. The van der Waals surface area contributed by atoms with E-state index in [0.29, 0.717) is 28.9 Å². The average molecular weight is 462 g/mol. The molecule has 1 aromatic heterocycles. The number of hydrogen-bond acceptors (Lipinski definition) is 3.